The predicted octanol–water partition coefficient (Wildman–Crippen LogP) is 7.81. The van der Waals surface area contributed by atoms with Crippen molar-refractivity contribution in [1.29, 1.82) is 0 Å². The van der Waals surface area contributed by atoms with Crippen LogP contribution in [0.2, 0.25) is 0 Å². The topological polar surface area (TPSA) is 25.8 Å². The first-order valence-corrected chi connectivity index (χ1v) is 15.9. The van der Waals surface area contributed by atoms with Crippen LogP contribution in [-0.4, -0.2) is 39.0 Å². The van der Waals surface area contributed by atoms with Gasteiger partial charge in [-0.1, -0.05) is 0 Å². The first-order valence-electron chi connectivity index (χ1n) is 10.9. The summed E-state index contributed by atoms with van der Waals surface area (Å²) >= 11 is 4.52. The molecule has 0 radical (unpaired) electrons. The first kappa shape index (κ1) is 19.7. The van der Waals surface area contributed by atoms with Gasteiger partial charge in [0, 0.05) is 0 Å². The second-order valence-electron chi connectivity index (χ2n) is 8.29. The van der Waals surface area contributed by atoms with Crippen LogP contribution in [0.25, 0.3) is 69.1 Å². The second-order valence-corrected chi connectivity index (χ2v) is 14.9. The number of fused-ring (bicyclic) bond motifs is 7. The molecule has 8 aromatic rings. The first-order chi connectivity index (χ1) is 16.8. The molecule has 0 aliphatic heterocycles. The zero-order valence-electron chi connectivity index (χ0n) is 17.6. The maximum atomic E-state index is 4.58. The Labute approximate surface area is 214 Å². The van der Waals surface area contributed by atoms with Crippen LogP contribution >= 0.6 is 22.7 Å². The van der Waals surface area contributed by atoms with Gasteiger partial charge < -0.3 is 0 Å². The molecule has 8 rings (SSSR count). The zero-order chi connectivity index (χ0) is 22.2. The van der Waals surface area contributed by atoms with E-state index in [0.717, 1.165) is 11.4 Å². The fourth-order valence-electron chi connectivity index (χ4n) is 4.59. The van der Waals surface area contributed by atoms with Gasteiger partial charge in [-0.2, -0.15) is 0 Å². The number of hydrogen-bond acceptors (Lipinski definition) is 4. The molecule has 6 aromatic heterocycles. The zero-order valence-corrected chi connectivity index (χ0v) is 22.7. The monoisotopic (exact) mass is 602 g/mol. The van der Waals surface area contributed by atoms with Gasteiger partial charge in [-0.15, -0.1) is 0 Å². The van der Waals surface area contributed by atoms with Crippen molar-refractivity contribution in [3.05, 3.63) is 85.2 Å². The summed E-state index contributed by atoms with van der Waals surface area (Å²) in [5.74, 6) is 0. The number of nitrogens with zero attached hydrogens (tertiary/aromatic N) is 2. The van der Waals surface area contributed by atoms with E-state index in [1.165, 1.54) is 57.7 Å². The van der Waals surface area contributed by atoms with Crippen molar-refractivity contribution in [2.24, 2.45) is 0 Å². The molecule has 0 bridgehead atoms. The van der Waals surface area contributed by atoms with Crippen LogP contribution < -0.4 is 0 Å². The van der Waals surface area contributed by atoms with E-state index in [4.69, 9.17) is 0 Å². The van der Waals surface area contributed by atoms with Crippen molar-refractivity contribution < 1.29 is 0 Å². The van der Waals surface area contributed by atoms with E-state index in [2.05, 4.69) is 70.6 Å². The van der Waals surface area contributed by atoms with Gasteiger partial charge in [-0.25, -0.2) is 0 Å². The minimum absolute atomic E-state index is 0.305. The summed E-state index contributed by atoms with van der Waals surface area (Å²) in [6, 6.07) is 26.8. The molecule has 6 heteroatoms. The molecule has 0 atom stereocenters. The van der Waals surface area contributed by atoms with E-state index >= 15 is 0 Å². The van der Waals surface area contributed by atoms with Gasteiger partial charge in [0.1, 0.15) is 0 Å². The molecule has 0 spiro atoms. The fraction of sp³-hybridized carbons (Fsp3) is 0. The van der Waals surface area contributed by atoms with Crippen LogP contribution in [0.1, 0.15) is 0 Å². The van der Waals surface area contributed by atoms with Crippen LogP contribution in [0.3, 0.4) is 0 Å². The Morgan fingerprint density at radius 3 is 1.50 bits per heavy atom. The minimum atomic E-state index is 0.305. The predicted molar refractivity (Wildman–Crippen MR) is 150 cm³/mol. The molecule has 0 aliphatic rings. The Morgan fingerprint density at radius 1 is 0.559 bits per heavy atom. The summed E-state index contributed by atoms with van der Waals surface area (Å²) in [5, 5.41) is 5.60. The maximum absolute atomic E-state index is 4.58. The third-order valence-corrected chi connectivity index (χ3v) is 13.4. The van der Waals surface area contributed by atoms with E-state index in [0.29, 0.717) is 29.0 Å². The molecular weight excluding hydrogens is 586 g/mol. The third kappa shape index (κ3) is 2.98. The van der Waals surface area contributed by atoms with Crippen molar-refractivity contribution in [3.8, 4) is 20.3 Å². The molecular formula is C28H14N2S2Se2. The third-order valence-electron chi connectivity index (χ3n) is 6.19. The summed E-state index contributed by atoms with van der Waals surface area (Å²) in [7, 11) is 0. The van der Waals surface area contributed by atoms with Crippen molar-refractivity contribution in [3.63, 3.8) is 0 Å². The van der Waals surface area contributed by atoms with Crippen molar-refractivity contribution in [2.45, 2.75) is 0 Å². The SMILES string of the molecule is c1ccc(-c2cc3cc4sc5c6cc7[se]c(-c8ccccn8)cc7cc6sc5c4cc3[se]2)nc1. The summed E-state index contributed by atoms with van der Waals surface area (Å²) < 4.78 is 11.4. The summed E-state index contributed by atoms with van der Waals surface area (Å²) in [4.78, 5) is 9.16. The van der Waals surface area contributed by atoms with E-state index in [1.807, 2.05) is 47.2 Å². The Balaban J connectivity index is 1.32. The standard InChI is InChI=1S/C28H14N2S2Se2/c1-3-7-29-19(5-1)25-11-15-9-21-17(13-23(15)33-25)27-28(31-21)18-14-24-16(10-22(18)32-27)12-26(34-24)20-6-2-4-8-30-20/h1-14H. The number of hydrogen-bond donors (Lipinski definition) is 0. The van der Waals surface area contributed by atoms with E-state index in [1.54, 1.807) is 0 Å². The van der Waals surface area contributed by atoms with E-state index in [9.17, 15) is 0 Å². The number of pyridine rings is 2. The average molecular weight is 600 g/mol. The Hall–Kier alpha value is -2.56. The Morgan fingerprint density at radius 2 is 1.06 bits per heavy atom. The van der Waals surface area contributed by atoms with Crippen LogP contribution in [0.4, 0.5) is 0 Å². The normalized spacial score (nSPS) is 12.1. The second kappa shape index (κ2) is 7.47. The molecule has 0 unspecified atom stereocenters. The molecule has 2 aromatic carbocycles. The average Bonchev–Trinajstić information content (AvgIpc) is 3.63. The molecule has 6 heterocycles. The molecule has 0 amide bonds. The van der Waals surface area contributed by atoms with Crippen LogP contribution in [0.15, 0.2) is 85.2 Å². The number of aromatic nitrogens is 2. The van der Waals surface area contributed by atoms with Crippen LogP contribution in [-0.2, 0) is 0 Å². The van der Waals surface area contributed by atoms with Gasteiger partial charge in [0.05, 0.1) is 0 Å². The summed E-state index contributed by atoms with van der Waals surface area (Å²) in [6.07, 6.45) is 3.78. The van der Waals surface area contributed by atoms with Crippen molar-refractivity contribution in [1.82, 2.24) is 9.97 Å². The number of benzene rings is 2. The van der Waals surface area contributed by atoms with Crippen LogP contribution in [0.5, 0.6) is 0 Å². The molecule has 0 fully saturated rings. The van der Waals surface area contributed by atoms with Crippen molar-refractivity contribution >= 4 is 101 Å². The molecule has 34 heavy (non-hydrogen) atoms. The van der Waals surface area contributed by atoms with E-state index in [-0.39, 0.29) is 0 Å². The molecule has 160 valence electrons. The van der Waals surface area contributed by atoms with Crippen molar-refractivity contribution in [2.75, 3.05) is 0 Å². The number of thiophene rings is 2. The van der Waals surface area contributed by atoms with Gasteiger partial charge in [0.25, 0.3) is 0 Å². The summed E-state index contributed by atoms with van der Waals surface area (Å²) in [5.41, 5.74) is 2.23. The molecule has 0 saturated heterocycles. The van der Waals surface area contributed by atoms with Gasteiger partial charge in [0.15, 0.2) is 0 Å². The molecule has 2 nitrogen and oxygen atoms in total. The van der Waals surface area contributed by atoms with Crippen LogP contribution in [0, 0.1) is 0 Å². The van der Waals surface area contributed by atoms with E-state index < -0.39 is 0 Å². The van der Waals surface area contributed by atoms with Gasteiger partial charge in [0.2, 0.25) is 0 Å². The molecule has 0 N–H and O–H groups in total. The quantitative estimate of drug-likeness (QED) is 0.189. The Kier molecular flexibility index (Phi) is 4.33. The van der Waals surface area contributed by atoms with Gasteiger partial charge in [-0.05, 0) is 0 Å². The molecule has 0 saturated carbocycles. The van der Waals surface area contributed by atoms with Gasteiger partial charge in [-0.3, -0.25) is 0 Å². The molecule has 0 aliphatic carbocycles. The summed E-state index contributed by atoms with van der Waals surface area (Å²) in [6.45, 7) is 0. The fourth-order valence-corrected chi connectivity index (χ4v) is 11.7. The number of rotatable bonds is 2. The Bertz CT molecular complexity index is 1860. The van der Waals surface area contributed by atoms with Gasteiger partial charge >= 0.3 is 216 Å².